The summed E-state index contributed by atoms with van der Waals surface area (Å²) < 4.78 is 0. The molecule has 34 heavy (non-hydrogen) atoms. The maximum atomic E-state index is 13.0. The van der Waals surface area contributed by atoms with Gasteiger partial charge in [0.05, 0.1) is 5.69 Å². The van der Waals surface area contributed by atoms with Crippen molar-refractivity contribution in [2.45, 2.75) is 51.1 Å². The van der Waals surface area contributed by atoms with Gasteiger partial charge in [-0.1, -0.05) is 30.9 Å². The Kier molecular flexibility index (Phi) is 6.90. The van der Waals surface area contributed by atoms with E-state index >= 15 is 0 Å². The number of rotatable bonds is 5. The van der Waals surface area contributed by atoms with Crippen molar-refractivity contribution < 1.29 is 9.59 Å². The second kappa shape index (κ2) is 10.1. The third-order valence-electron chi connectivity index (χ3n) is 6.94. The van der Waals surface area contributed by atoms with Crippen molar-refractivity contribution >= 4 is 45.7 Å². The summed E-state index contributed by atoms with van der Waals surface area (Å²) in [5.41, 5.74) is 2.48. The van der Waals surface area contributed by atoms with Crippen molar-refractivity contribution in [1.82, 2.24) is 25.5 Å². The van der Waals surface area contributed by atoms with E-state index in [4.69, 9.17) is 11.6 Å². The summed E-state index contributed by atoms with van der Waals surface area (Å²) in [6.45, 7) is 2.37. The molecule has 1 fully saturated rings. The average molecular weight is 500 g/mol. The van der Waals surface area contributed by atoms with Crippen LogP contribution in [-0.4, -0.2) is 52.9 Å². The average Bonchev–Trinajstić information content (AvgIpc) is 3.36. The van der Waals surface area contributed by atoms with Gasteiger partial charge in [-0.2, -0.15) is 0 Å². The first-order valence-corrected chi connectivity index (χ1v) is 13.2. The van der Waals surface area contributed by atoms with Gasteiger partial charge >= 0.3 is 0 Å². The van der Waals surface area contributed by atoms with Crippen LogP contribution in [0, 0.1) is 5.92 Å². The summed E-state index contributed by atoms with van der Waals surface area (Å²) in [5.74, 6) is -0.0360. The molecule has 0 unspecified atom stereocenters. The van der Waals surface area contributed by atoms with Crippen LogP contribution in [0.25, 0.3) is 10.9 Å². The van der Waals surface area contributed by atoms with Gasteiger partial charge in [-0.05, 0) is 50.1 Å². The van der Waals surface area contributed by atoms with Crippen molar-refractivity contribution in [3.05, 3.63) is 50.6 Å². The number of hydrogen-bond donors (Lipinski definition) is 3. The predicted octanol–water partition coefficient (Wildman–Crippen LogP) is 4.37. The monoisotopic (exact) mass is 499 g/mol. The number of hydrogen-bond acceptors (Lipinski definition) is 5. The highest BCUT2D eigenvalue weighted by atomic mass is 35.5. The molecule has 3 heterocycles. The van der Waals surface area contributed by atoms with Gasteiger partial charge in [-0.3, -0.25) is 9.59 Å². The van der Waals surface area contributed by atoms with Crippen LogP contribution in [0.5, 0.6) is 0 Å². The second-order valence-corrected chi connectivity index (χ2v) is 11.0. The molecule has 1 aliphatic carbocycles. The predicted molar refractivity (Wildman–Crippen MR) is 136 cm³/mol. The molecule has 1 aromatic carbocycles. The van der Waals surface area contributed by atoms with E-state index in [0.717, 1.165) is 68.2 Å². The SMILES string of the molecule is CN1CCc2nc(C(=O)NC[C@H]3CCCCC[C@@H]3NC(=O)c3cc4cc(Cl)ccc4[nH]3)sc2C1. The van der Waals surface area contributed by atoms with E-state index < -0.39 is 0 Å². The third-order valence-corrected chi connectivity index (χ3v) is 8.26. The zero-order chi connectivity index (χ0) is 23.7. The summed E-state index contributed by atoms with van der Waals surface area (Å²) in [5, 5.41) is 8.45. The van der Waals surface area contributed by atoms with Gasteiger partial charge in [0.2, 0.25) is 0 Å². The number of fused-ring (bicyclic) bond motifs is 2. The fraction of sp³-hybridized carbons (Fsp3) is 0.480. The molecule has 0 radical (unpaired) electrons. The number of aromatic amines is 1. The Morgan fingerprint density at radius 1 is 1.21 bits per heavy atom. The Bertz CT molecular complexity index is 1210. The quantitative estimate of drug-likeness (QED) is 0.454. The summed E-state index contributed by atoms with van der Waals surface area (Å²) in [7, 11) is 2.09. The van der Waals surface area contributed by atoms with Gasteiger partial charge in [-0.15, -0.1) is 11.3 Å². The molecule has 0 spiro atoms. The maximum Gasteiger partial charge on any atom is 0.280 e. The molecule has 180 valence electrons. The number of thiazole rings is 1. The molecule has 2 atom stereocenters. The summed E-state index contributed by atoms with van der Waals surface area (Å²) >= 11 is 7.59. The number of carbonyl (C=O) groups excluding carboxylic acids is 2. The van der Waals surface area contributed by atoms with E-state index in [-0.39, 0.29) is 23.8 Å². The Balaban J connectivity index is 1.23. The van der Waals surface area contributed by atoms with Gasteiger partial charge in [-0.25, -0.2) is 4.98 Å². The number of carbonyl (C=O) groups is 2. The van der Waals surface area contributed by atoms with Crippen LogP contribution in [0.1, 0.15) is 63.0 Å². The number of amides is 2. The first kappa shape index (κ1) is 23.3. The van der Waals surface area contributed by atoms with Crippen LogP contribution in [-0.2, 0) is 13.0 Å². The van der Waals surface area contributed by atoms with E-state index in [1.54, 1.807) is 0 Å². The Morgan fingerprint density at radius 3 is 2.94 bits per heavy atom. The molecular weight excluding hydrogens is 470 g/mol. The first-order valence-electron chi connectivity index (χ1n) is 12.0. The molecule has 1 aliphatic heterocycles. The zero-order valence-corrected chi connectivity index (χ0v) is 20.9. The summed E-state index contributed by atoms with van der Waals surface area (Å²) in [6.07, 6.45) is 6.11. The number of H-pyrrole nitrogens is 1. The molecular formula is C25H30ClN5O2S. The van der Waals surface area contributed by atoms with Crippen LogP contribution in [0.2, 0.25) is 5.02 Å². The molecule has 3 N–H and O–H groups in total. The Hall–Kier alpha value is -2.42. The van der Waals surface area contributed by atoms with Crippen LogP contribution in [0.15, 0.2) is 24.3 Å². The van der Waals surface area contributed by atoms with Crippen molar-refractivity contribution in [1.29, 1.82) is 0 Å². The number of halogens is 1. The van der Waals surface area contributed by atoms with E-state index in [9.17, 15) is 9.59 Å². The molecule has 2 aliphatic rings. The number of nitrogens with zero attached hydrogens (tertiary/aromatic N) is 2. The molecule has 0 saturated heterocycles. The van der Waals surface area contributed by atoms with E-state index in [2.05, 4.69) is 32.5 Å². The van der Waals surface area contributed by atoms with E-state index in [0.29, 0.717) is 22.3 Å². The molecule has 3 aromatic rings. The minimum atomic E-state index is -0.118. The van der Waals surface area contributed by atoms with Crippen molar-refractivity contribution in [2.75, 3.05) is 20.1 Å². The fourth-order valence-electron chi connectivity index (χ4n) is 5.01. The molecule has 1 saturated carbocycles. The fourth-order valence-corrected chi connectivity index (χ4v) is 6.30. The van der Waals surface area contributed by atoms with Crippen LogP contribution in [0.3, 0.4) is 0 Å². The third kappa shape index (κ3) is 5.14. The van der Waals surface area contributed by atoms with Gasteiger partial charge in [0.25, 0.3) is 11.8 Å². The van der Waals surface area contributed by atoms with Gasteiger partial charge < -0.3 is 20.5 Å². The summed E-state index contributed by atoms with van der Waals surface area (Å²) in [6, 6.07) is 7.40. The highest BCUT2D eigenvalue weighted by Gasteiger charge is 2.28. The van der Waals surface area contributed by atoms with Crippen LogP contribution in [0.4, 0.5) is 0 Å². The standard InChI is InChI=1S/C25H30ClN5O2S/c1-31-10-9-20-22(14-31)34-25(30-20)24(33)27-13-15-5-3-2-4-6-18(15)29-23(32)21-12-16-11-17(26)7-8-19(16)28-21/h7-8,11-12,15,18,28H,2-6,9-10,13-14H2,1H3,(H,27,33)(H,29,32)/t15-,18+/m1/s1. The van der Waals surface area contributed by atoms with Crippen molar-refractivity contribution in [3.63, 3.8) is 0 Å². The minimum Gasteiger partial charge on any atom is -0.351 e. The number of likely N-dealkylation sites (N-methyl/N-ethyl adjacent to an activating group) is 1. The van der Waals surface area contributed by atoms with Gasteiger partial charge in [0.1, 0.15) is 5.69 Å². The number of nitrogens with one attached hydrogen (secondary N) is 3. The second-order valence-electron chi connectivity index (χ2n) is 9.48. The maximum absolute atomic E-state index is 13.0. The zero-order valence-electron chi connectivity index (χ0n) is 19.3. The summed E-state index contributed by atoms with van der Waals surface area (Å²) in [4.78, 5) is 37.2. The minimum absolute atomic E-state index is 0.0171. The largest absolute Gasteiger partial charge is 0.351 e. The van der Waals surface area contributed by atoms with Crippen LogP contribution >= 0.6 is 22.9 Å². The lowest BCUT2D eigenvalue weighted by atomic mass is 9.94. The number of benzene rings is 1. The Morgan fingerprint density at radius 2 is 2.06 bits per heavy atom. The van der Waals surface area contributed by atoms with Gasteiger partial charge in [0, 0.05) is 52.9 Å². The topological polar surface area (TPSA) is 90.1 Å². The highest BCUT2D eigenvalue weighted by Crippen LogP contribution is 2.26. The smallest absolute Gasteiger partial charge is 0.280 e. The normalized spacial score (nSPS) is 21.1. The van der Waals surface area contributed by atoms with E-state index in [1.807, 2.05) is 24.3 Å². The lowest BCUT2D eigenvalue weighted by molar-refractivity contribution is 0.0907. The van der Waals surface area contributed by atoms with Crippen molar-refractivity contribution in [3.8, 4) is 0 Å². The van der Waals surface area contributed by atoms with E-state index in [1.165, 1.54) is 16.2 Å². The molecule has 5 rings (SSSR count). The molecule has 2 aromatic heterocycles. The first-order chi connectivity index (χ1) is 16.5. The lowest BCUT2D eigenvalue weighted by Crippen LogP contribution is -2.44. The number of aromatic nitrogens is 2. The van der Waals surface area contributed by atoms with Crippen LogP contribution < -0.4 is 10.6 Å². The molecule has 2 amide bonds. The highest BCUT2D eigenvalue weighted by molar-refractivity contribution is 7.13. The van der Waals surface area contributed by atoms with Crippen molar-refractivity contribution in [2.24, 2.45) is 5.92 Å². The molecule has 0 bridgehead atoms. The molecule has 7 nitrogen and oxygen atoms in total. The van der Waals surface area contributed by atoms with Gasteiger partial charge in [0.15, 0.2) is 5.01 Å². The Labute approximate surface area is 208 Å². The lowest BCUT2D eigenvalue weighted by Gasteiger charge is -2.26. The molecule has 9 heteroatoms.